The molecule has 0 rings (SSSR count). The average molecular weight is 812 g/mol. The molecule has 0 N–H and O–H groups in total. The second-order valence-electron chi connectivity index (χ2n) is 13.1. The maximum absolute atomic E-state index is 6.22. The number of hydrazine groups is 1. The van der Waals surface area contributed by atoms with Crippen LogP contribution >= 0.6 is 51.2 Å². The minimum absolute atomic E-state index is 0. The van der Waals surface area contributed by atoms with Crippen LogP contribution in [0.3, 0.4) is 0 Å². The van der Waals surface area contributed by atoms with Gasteiger partial charge in [-0.05, 0) is 169 Å². The predicted molar refractivity (Wildman–Crippen MR) is 215 cm³/mol. The van der Waals surface area contributed by atoms with E-state index in [1.54, 1.807) is 0 Å². The Kier molecular flexibility index (Phi) is 23.4. The van der Waals surface area contributed by atoms with E-state index in [1.165, 1.54) is 0 Å². The summed E-state index contributed by atoms with van der Waals surface area (Å²) in [6.07, 6.45) is 0. The molecule has 16 nitrogen and oxygen atoms in total. The van der Waals surface area contributed by atoms with Gasteiger partial charge in [0.2, 0.25) is 22.5 Å². The van der Waals surface area contributed by atoms with Gasteiger partial charge in [-0.1, -0.05) is 0 Å². The predicted octanol–water partition coefficient (Wildman–Crippen LogP) is 2.11. The van der Waals surface area contributed by atoms with Crippen LogP contribution in [0.15, 0.2) is 13.5 Å². The molecule has 0 unspecified atom stereocenters. The summed E-state index contributed by atoms with van der Waals surface area (Å²) in [4.78, 5) is 0. The molecule has 0 amide bonds. The van der Waals surface area contributed by atoms with Crippen molar-refractivity contribution in [2.75, 3.05) is 169 Å². The van der Waals surface area contributed by atoms with E-state index in [0.717, 1.165) is 0 Å². The van der Waals surface area contributed by atoms with Crippen molar-refractivity contribution in [2.45, 2.75) is 0 Å². The molecule has 0 aliphatic rings. The molecule has 0 aliphatic heterocycles. The molecule has 0 spiro atoms. The standard InChI is InChI=1S/C24H72N16P5.2ClH/c1-28(2)40(41(29(3)4)30(5)6)42(25-43(31(7)8,32(9)10)33(11)12,26-44(34(13)14,35(15)16)36(17)18)27-45(37(19)20,38(21)22)39(23)24;;/h1-24H3;2*1H/q+1;;/p-1. The van der Waals surface area contributed by atoms with Crippen LogP contribution in [-0.2, 0) is 0 Å². The van der Waals surface area contributed by atoms with Crippen molar-refractivity contribution in [3.8, 4) is 0 Å². The van der Waals surface area contributed by atoms with E-state index in [-0.39, 0.29) is 24.8 Å². The second kappa shape index (κ2) is 20.7. The van der Waals surface area contributed by atoms with Gasteiger partial charge in [0.05, 0.1) is 0 Å². The Balaban J connectivity index is -0.00000968. The zero-order chi connectivity index (χ0) is 36.2. The van der Waals surface area contributed by atoms with Gasteiger partial charge in [-0.25, -0.2) is 47.0 Å². The van der Waals surface area contributed by atoms with Gasteiger partial charge in [0.25, 0.3) is 0 Å². The molecule has 0 atom stereocenters. The average Bonchev–Trinajstić information content (AvgIpc) is 2.84. The molecule has 0 radical (unpaired) electrons. The maximum Gasteiger partial charge on any atom is 0.474 e. The normalized spacial score (nSPS) is 14.2. The lowest BCUT2D eigenvalue weighted by Gasteiger charge is -2.47. The summed E-state index contributed by atoms with van der Waals surface area (Å²) in [6.45, 7) is 0. The van der Waals surface area contributed by atoms with Crippen LogP contribution in [0.4, 0.5) is 0 Å². The van der Waals surface area contributed by atoms with E-state index < -0.39 is 38.8 Å². The number of nitrogens with zero attached hydrogens (tertiary/aromatic N) is 16. The Labute approximate surface area is 306 Å². The Morgan fingerprint density at radius 3 is 0.638 bits per heavy atom. The molecular weight excluding hydrogens is 738 g/mol. The van der Waals surface area contributed by atoms with Crippen LogP contribution in [0, 0.1) is 0 Å². The fraction of sp³-hybridized carbons (Fsp3) is 1.00. The van der Waals surface area contributed by atoms with Crippen molar-refractivity contribution >= 4 is 51.2 Å². The van der Waals surface area contributed by atoms with Crippen LogP contribution in [0.2, 0.25) is 0 Å². The third-order valence-corrected chi connectivity index (χ3v) is 26.6. The molecule has 0 aromatic heterocycles. The van der Waals surface area contributed by atoms with Gasteiger partial charge >= 0.3 is 7.87 Å². The fourth-order valence-electron chi connectivity index (χ4n) is 5.77. The summed E-state index contributed by atoms with van der Waals surface area (Å²) < 4.78 is 46.1. The number of halogens is 2. The molecule has 23 heteroatoms. The van der Waals surface area contributed by atoms with E-state index in [0.29, 0.717) is 0 Å². The number of hydrogen-bond acceptors (Lipinski definition) is 7. The number of hydrogen-bond donors (Lipinski definition) is 0. The summed E-state index contributed by atoms with van der Waals surface area (Å²) in [5.74, 6) is 0. The van der Waals surface area contributed by atoms with Gasteiger partial charge in [-0.15, -0.1) is 12.4 Å². The first-order valence-corrected chi connectivity index (χ1v) is 22.3. The van der Waals surface area contributed by atoms with Crippen molar-refractivity contribution in [3.63, 3.8) is 0 Å². The summed E-state index contributed by atoms with van der Waals surface area (Å²) in [7, 11) is 39.0. The minimum Gasteiger partial charge on any atom is -1.00 e. The highest BCUT2D eigenvalue weighted by Crippen LogP contribution is 2.87. The van der Waals surface area contributed by atoms with Crippen molar-refractivity contribution in [3.05, 3.63) is 0 Å². The first-order chi connectivity index (χ1) is 20.2. The van der Waals surface area contributed by atoms with Crippen LogP contribution in [-0.4, -0.2) is 230 Å². The summed E-state index contributed by atoms with van der Waals surface area (Å²) in [6, 6.07) is 0. The zero-order valence-electron chi connectivity index (χ0n) is 34.2. The lowest BCUT2D eigenvalue weighted by Crippen LogP contribution is -3.00. The molecule has 0 fully saturated rings. The minimum atomic E-state index is -3.32. The summed E-state index contributed by atoms with van der Waals surface area (Å²) in [5, 5.41) is 2.19. The first kappa shape index (κ1) is 53.0. The van der Waals surface area contributed by atoms with E-state index >= 15 is 0 Å². The van der Waals surface area contributed by atoms with E-state index in [2.05, 4.69) is 230 Å². The van der Waals surface area contributed by atoms with Gasteiger partial charge in [0.15, 0.2) is 8.37 Å². The van der Waals surface area contributed by atoms with Crippen molar-refractivity contribution in [1.29, 1.82) is 0 Å². The molecule has 0 aromatic carbocycles. The summed E-state index contributed by atoms with van der Waals surface area (Å²) in [5.41, 5.74) is 0. The molecule has 0 aliphatic carbocycles. The van der Waals surface area contributed by atoms with E-state index in [9.17, 15) is 0 Å². The summed E-state index contributed by atoms with van der Waals surface area (Å²) >= 11 is 0. The van der Waals surface area contributed by atoms with Gasteiger partial charge in [-0.2, -0.15) is 0 Å². The second-order valence-corrected chi connectivity index (χ2v) is 30.0. The smallest absolute Gasteiger partial charge is 0.474 e. The molecule has 0 heterocycles. The molecule has 0 bridgehead atoms. The third kappa shape index (κ3) is 10.8. The maximum atomic E-state index is 6.22. The van der Waals surface area contributed by atoms with Gasteiger partial charge in [0, 0.05) is 18.6 Å². The Morgan fingerprint density at radius 1 is 0.362 bits per heavy atom. The highest BCUT2D eigenvalue weighted by molar-refractivity contribution is 7.88. The monoisotopic (exact) mass is 810 g/mol. The van der Waals surface area contributed by atoms with Gasteiger partial charge in [-0.3, -0.25) is 9.34 Å². The Morgan fingerprint density at radius 2 is 0.532 bits per heavy atom. The largest absolute Gasteiger partial charge is 1.00 e. The van der Waals surface area contributed by atoms with Crippen LogP contribution in [0.5, 0.6) is 0 Å². The Hall–Kier alpha value is 1.61. The molecule has 288 valence electrons. The topological polar surface area (TPSA) is 79.2 Å². The first-order valence-electron chi connectivity index (χ1n) is 14.7. The lowest BCUT2D eigenvalue weighted by molar-refractivity contribution is -0.0000117. The molecule has 0 saturated carbocycles. The SMILES string of the molecule is CN(C)N(P(N(C)C)N(C)C)[P+](N=P(N(C)C)(N(C)C)N(C)C)(N=P(N(C)C)(N(C)C)N(C)C)N=P(N(C)C)(N(C)C)N(C)C.Cl.[Cl-]. The Bertz CT molecular complexity index is 896. The fourth-order valence-corrected chi connectivity index (χ4v) is 29.0. The van der Waals surface area contributed by atoms with Crippen molar-refractivity contribution in [2.24, 2.45) is 13.5 Å². The van der Waals surface area contributed by atoms with Crippen LogP contribution in [0.1, 0.15) is 0 Å². The highest BCUT2D eigenvalue weighted by Gasteiger charge is 2.62. The van der Waals surface area contributed by atoms with E-state index in [1.807, 2.05) is 0 Å². The highest BCUT2D eigenvalue weighted by atomic mass is 35.5. The van der Waals surface area contributed by atoms with E-state index in [4.69, 9.17) is 13.5 Å². The van der Waals surface area contributed by atoms with Gasteiger partial charge in [0.1, 0.15) is 0 Å². The van der Waals surface area contributed by atoms with Gasteiger partial charge < -0.3 is 12.4 Å². The number of rotatable bonds is 17. The third-order valence-electron chi connectivity index (χ3n) is 7.02. The lowest BCUT2D eigenvalue weighted by atomic mass is 11.2. The quantitative estimate of drug-likeness (QED) is 0.159. The molecular formula is C24H73Cl2N16P5. The molecule has 0 saturated heterocycles. The van der Waals surface area contributed by atoms with Crippen molar-refractivity contribution in [1.82, 2.24) is 60.9 Å². The zero-order valence-corrected chi connectivity index (χ0v) is 40.2. The molecule has 0 aromatic rings. The van der Waals surface area contributed by atoms with Crippen LogP contribution in [0.25, 0.3) is 0 Å². The molecule has 47 heavy (non-hydrogen) atoms. The van der Waals surface area contributed by atoms with Crippen LogP contribution < -0.4 is 12.4 Å². The van der Waals surface area contributed by atoms with Crippen molar-refractivity contribution < 1.29 is 12.4 Å².